The van der Waals surface area contributed by atoms with Crippen LogP contribution < -0.4 is 5.73 Å². The van der Waals surface area contributed by atoms with Gasteiger partial charge in [0.25, 0.3) is 0 Å². The van der Waals surface area contributed by atoms with Gasteiger partial charge in [-0.2, -0.15) is 0 Å². The molecule has 0 aliphatic carbocycles. The number of carboxylic acids is 1. The lowest BCUT2D eigenvalue weighted by Gasteiger charge is -2.07. The standard InChI is InChI=1S/C10H13NO2/c1-6-3-8(5-11)4-9(7(6)2)10(12)13/h3-4H,5,11H2,1-2H3,(H,12,13). The van der Waals surface area contributed by atoms with Crippen LogP contribution >= 0.6 is 0 Å². The van der Waals surface area contributed by atoms with E-state index in [0.717, 1.165) is 16.7 Å². The molecule has 70 valence electrons. The molecule has 3 N–H and O–H groups in total. The predicted octanol–water partition coefficient (Wildman–Crippen LogP) is 1.46. The minimum absolute atomic E-state index is 0.348. The third-order valence-electron chi connectivity index (χ3n) is 2.19. The highest BCUT2D eigenvalue weighted by Crippen LogP contribution is 2.15. The van der Waals surface area contributed by atoms with Crippen molar-refractivity contribution in [3.05, 3.63) is 34.4 Å². The van der Waals surface area contributed by atoms with E-state index in [2.05, 4.69) is 0 Å². The monoisotopic (exact) mass is 179 g/mol. The molecule has 0 unspecified atom stereocenters. The van der Waals surface area contributed by atoms with Gasteiger partial charge in [-0.1, -0.05) is 6.07 Å². The second-order valence-corrected chi connectivity index (χ2v) is 3.09. The maximum atomic E-state index is 10.8. The fourth-order valence-corrected chi connectivity index (χ4v) is 1.27. The summed E-state index contributed by atoms with van der Waals surface area (Å²) in [5.74, 6) is -0.893. The van der Waals surface area contributed by atoms with E-state index in [9.17, 15) is 4.79 Å². The summed E-state index contributed by atoms with van der Waals surface area (Å²) in [6.45, 7) is 4.07. The highest BCUT2D eigenvalue weighted by Gasteiger charge is 2.09. The van der Waals surface area contributed by atoms with Crippen LogP contribution in [0.5, 0.6) is 0 Å². The van der Waals surface area contributed by atoms with Gasteiger partial charge in [0.2, 0.25) is 0 Å². The highest BCUT2D eigenvalue weighted by atomic mass is 16.4. The smallest absolute Gasteiger partial charge is 0.335 e. The van der Waals surface area contributed by atoms with E-state index in [1.165, 1.54) is 0 Å². The van der Waals surface area contributed by atoms with Crippen LogP contribution in [-0.4, -0.2) is 11.1 Å². The molecular weight excluding hydrogens is 166 g/mol. The number of carbonyl (C=O) groups is 1. The zero-order valence-electron chi connectivity index (χ0n) is 7.79. The third-order valence-corrected chi connectivity index (χ3v) is 2.19. The van der Waals surface area contributed by atoms with Gasteiger partial charge in [0.15, 0.2) is 0 Å². The number of rotatable bonds is 2. The molecule has 0 heterocycles. The van der Waals surface area contributed by atoms with E-state index in [1.54, 1.807) is 13.0 Å². The summed E-state index contributed by atoms with van der Waals surface area (Å²) in [5.41, 5.74) is 8.44. The second kappa shape index (κ2) is 3.58. The molecule has 1 aromatic rings. The van der Waals surface area contributed by atoms with Crippen molar-refractivity contribution in [2.45, 2.75) is 20.4 Å². The Morgan fingerprint density at radius 3 is 2.54 bits per heavy atom. The van der Waals surface area contributed by atoms with Crippen molar-refractivity contribution in [1.82, 2.24) is 0 Å². The van der Waals surface area contributed by atoms with E-state index >= 15 is 0 Å². The van der Waals surface area contributed by atoms with E-state index in [-0.39, 0.29) is 0 Å². The van der Waals surface area contributed by atoms with Crippen LogP contribution in [0.15, 0.2) is 12.1 Å². The molecule has 0 atom stereocenters. The Kier molecular flexibility index (Phi) is 2.68. The van der Waals surface area contributed by atoms with E-state index < -0.39 is 5.97 Å². The molecule has 13 heavy (non-hydrogen) atoms. The number of carboxylic acid groups (broad SMARTS) is 1. The molecular formula is C10H13NO2. The SMILES string of the molecule is Cc1cc(CN)cc(C(=O)O)c1C. The first-order valence-corrected chi connectivity index (χ1v) is 4.09. The first-order chi connectivity index (χ1) is 6.06. The van der Waals surface area contributed by atoms with Gasteiger partial charge >= 0.3 is 5.97 Å². The average molecular weight is 179 g/mol. The number of hydrogen-bond acceptors (Lipinski definition) is 2. The first-order valence-electron chi connectivity index (χ1n) is 4.09. The topological polar surface area (TPSA) is 63.3 Å². The maximum absolute atomic E-state index is 10.8. The molecule has 3 nitrogen and oxygen atoms in total. The summed E-state index contributed by atoms with van der Waals surface area (Å²) in [6.07, 6.45) is 0. The fourth-order valence-electron chi connectivity index (χ4n) is 1.27. The van der Waals surface area contributed by atoms with Crippen LogP contribution in [0.1, 0.15) is 27.0 Å². The van der Waals surface area contributed by atoms with Crippen molar-refractivity contribution in [2.24, 2.45) is 5.73 Å². The molecule has 0 bridgehead atoms. The van der Waals surface area contributed by atoms with Crippen LogP contribution in [0.2, 0.25) is 0 Å². The third kappa shape index (κ3) is 1.87. The lowest BCUT2D eigenvalue weighted by Crippen LogP contribution is -2.05. The number of nitrogens with two attached hydrogens (primary N) is 1. The summed E-state index contributed by atoms with van der Waals surface area (Å²) < 4.78 is 0. The van der Waals surface area contributed by atoms with Crippen molar-refractivity contribution >= 4 is 5.97 Å². The fraction of sp³-hybridized carbons (Fsp3) is 0.300. The Hall–Kier alpha value is -1.35. The first kappa shape index (κ1) is 9.74. The molecule has 1 rings (SSSR count). The minimum Gasteiger partial charge on any atom is -0.478 e. The molecule has 0 amide bonds. The van der Waals surface area contributed by atoms with Crippen LogP contribution in [0.25, 0.3) is 0 Å². The Morgan fingerprint density at radius 2 is 2.08 bits per heavy atom. The van der Waals surface area contributed by atoms with E-state index in [1.807, 2.05) is 13.0 Å². The number of hydrogen-bond donors (Lipinski definition) is 2. The summed E-state index contributed by atoms with van der Waals surface area (Å²) in [5, 5.41) is 8.87. The van der Waals surface area contributed by atoms with Crippen LogP contribution in [0.4, 0.5) is 0 Å². The van der Waals surface area contributed by atoms with Gasteiger partial charge in [0, 0.05) is 6.54 Å². The average Bonchev–Trinajstić information content (AvgIpc) is 2.09. The summed E-state index contributed by atoms with van der Waals surface area (Å²) in [6, 6.07) is 3.55. The van der Waals surface area contributed by atoms with Gasteiger partial charge in [0.05, 0.1) is 5.56 Å². The van der Waals surface area contributed by atoms with Crippen molar-refractivity contribution in [3.8, 4) is 0 Å². The molecule has 1 aromatic carbocycles. The van der Waals surface area contributed by atoms with Crippen molar-refractivity contribution < 1.29 is 9.90 Å². The zero-order chi connectivity index (χ0) is 10.0. The molecule has 0 spiro atoms. The van der Waals surface area contributed by atoms with Gasteiger partial charge in [-0.3, -0.25) is 0 Å². The Bertz CT molecular complexity index is 345. The zero-order valence-corrected chi connectivity index (χ0v) is 7.79. The van der Waals surface area contributed by atoms with Crippen LogP contribution in [-0.2, 0) is 6.54 Å². The minimum atomic E-state index is -0.893. The van der Waals surface area contributed by atoms with E-state index in [4.69, 9.17) is 10.8 Å². The predicted molar refractivity (Wildman–Crippen MR) is 50.8 cm³/mol. The van der Waals surface area contributed by atoms with Gasteiger partial charge in [-0.15, -0.1) is 0 Å². The lowest BCUT2D eigenvalue weighted by molar-refractivity contribution is 0.0696. The maximum Gasteiger partial charge on any atom is 0.335 e. The number of benzene rings is 1. The van der Waals surface area contributed by atoms with Crippen molar-refractivity contribution in [2.75, 3.05) is 0 Å². The van der Waals surface area contributed by atoms with Gasteiger partial charge in [-0.05, 0) is 36.6 Å². The van der Waals surface area contributed by atoms with Gasteiger partial charge in [-0.25, -0.2) is 4.79 Å². The normalized spacial score (nSPS) is 10.1. The molecule has 0 saturated heterocycles. The molecule has 3 heteroatoms. The van der Waals surface area contributed by atoms with Crippen molar-refractivity contribution in [1.29, 1.82) is 0 Å². The number of aromatic carboxylic acids is 1. The lowest BCUT2D eigenvalue weighted by atomic mass is 10.00. The van der Waals surface area contributed by atoms with Crippen LogP contribution in [0.3, 0.4) is 0 Å². The molecule has 0 aromatic heterocycles. The van der Waals surface area contributed by atoms with E-state index in [0.29, 0.717) is 12.1 Å². The van der Waals surface area contributed by atoms with Crippen LogP contribution in [0, 0.1) is 13.8 Å². The molecule has 0 saturated carbocycles. The van der Waals surface area contributed by atoms with Gasteiger partial charge < -0.3 is 10.8 Å². The Labute approximate surface area is 77.2 Å². The Morgan fingerprint density at radius 1 is 1.46 bits per heavy atom. The quantitative estimate of drug-likeness (QED) is 0.722. The Balaban J connectivity index is 3.33. The molecule has 0 radical (unpaired) electrons. The van der Waals surface area contributed by atoms with Gasteiger partial charge in [0.1, 0.15) is 0 Å². The largest absolute Gasteiger partial charge is 0.478 e. The highest BCUT2D eigenvalue weighted by molar-refractivity contribution is 5.90. The molecule has 0 fully saturated rings. The summed E-state index contributed by atoms with van der Waals surface area (Å²) >= 11 is 0. The molecule has 0 aliphatic heterocycles. The molecule has 0 aliphatic rings. The summed E-state index contributed by atoms with van der Waals surface area (Å²) in [4.78, 5) is 10.8. The summed E-state index contributed by atoms with van der Waals surface area (Å²) in [7, 11) is 0. The number of aryl methyl sites for hydroxylation is 1. The second-order valence-electron chi connectivity index (χ2n) is 3.09. The van der Waals surface area contributed by atoms with Crippen molar-refractivity contribution in [3.63, 3.8) is 0 Å².